The van der Waals surface area contributed by atoms with Crippen LogP contribution in [0.4, 0.5) is 35.5 Å². The van der Waals surface area contributed by atoms with E-state index in [0.29, 0.717) is 25.3 Å². The first kappa shape index (κ1) is 45.0. The summed E-state index contributed by atoms with van der Waals surface area (Å²) in [7, 11) is -4.27. The van der Waals surface area contributed by atoms with E-state index in [4.69, 9.17) is 14.2 Å². The maximum atomic E-state index is 16.2. The minimum Gasteiger partial charge on any atom is -0.471 e. The van der Waals surface area contributed by atoms with Crippen molar-refractivity contribution in [2.45, 2.75) is 126 Å². The molecule has 3 aliphatic carbocycles. The molecule has 0 spiro atoms. The number of allylic oxidation sites excluding steroid dienone is 1. The van der Waals surface area contributed by atoms with Crippen LogP contribution in [0.1, 0.15) is 71.4 Å². The summed E-state index contributed by atoms with van der Waals surface area (Å²) >= 11 is 0. The number of hydrogen-bond acceptors (Lipinski definition) is 12. The zero-order chi connectivity index (χ0) is 45.2. The molecular formula is C38H43F7N6O10S. The van der Waals surface area contributed by atoms with Gasteiger partial charge in [0, 0.05) is 12.5 Å². The number of sulfonamides is 1. The van der Waals surface area contributed by atoms with E-state index >= 15 is 8.78 Å². The number of aromatic nitrogens is 2. The standard InChI is InChI=1S/C38H43F7N6O10S/c1-35(2,3)28-32(53)51-17-19(15-24(51)30(52)49-36(16-21(36)29(39)40)33(54)50-62(56,57)20-9-10-20)59-31-27(46-23-14-18(61-38(43,44)45)8-11-22(23)47-31)37(41,42)12-5-13-58-25-6-4-7-26(25)60-34(55)48-28/h5,8,11-12,14,19-21,24-26,28-29H,4,6-7,9-10,13,15-17H2,1-3H3,(H,48,55)(H,49,52)(H,50,54)/b12-5-/t19-,21+,24+,25-,26-,28-,36-/m1/s1. The number of alkyl carbamates (subject to hydrolysis) is 1. The molecule has 1 aromatic carbocycles. The van der Waals surface area contributed by atoms with Crippen LogP contribution in [0.15, 0.2) is 30.4 Å². The van der Waals surface area contributed by atoms with Crippen molar-refractivity contribution in [3.63, 3.8) is 0 Å². The van der Waals surface area contributed by atoms with Crippen molar-refractivity contribution < 1.29 is 77.3 Å². The van der Waals surface area contributed by atoms with Gasteiger partial charge in [-0.2, -0.15) is 8.78 Å². The van der Waals surface area contributed by atoms with E-state index in [0.717, 1.165) is 29.2 Å². The second kappa shape index (κ2) is 16.3. The number of nitrogens with zero attached hydrogens (tertiary/aromatic N) is 3. The lowest BCUT2D eigenvalue weighted by molar-refractivity contribution is -0.274. The Morgan fingerprint density at radius 3 is 2.37 bits per heavy atom. The van der Waals surface area contributed by atoms with Crippen LogP contribution in [0, 0.1) is 11.3 Å². The lowest BCUT2D eigenvalue weighted by atomic mass is 9.85. The Morgan fingerprint density at radius 2 is 1.73 bits per heavy atom. The van der Waals surface area contributed by atoms with Gasteiger partial charge in [0.15, 0.2) is 5.69 Å². The molecule has 3 heterocycles. The molecule has 2 aliphatic heterocycles. The quantitative estimate of drug-likeness (QED) is 0.262. The van der Waals surface area contributed by atoms with Gasteiger partial charge in [-0.1, -0.05) is 26.8 Å². The van der Waals surface area contributed by atoms with Gasteiger partial charge in [-0.05, 0) is 62.1 Å². The molecular weight excluding hydrogens is 866 g/mol. The van der Waals surface area contributed by atoms with Crippen molar-refractivity contribution in [2.24, 2.45) is 11.3 Å². The first-order valence-electron chi connectivity index (χ1n) is 19.7. The molecule has 3 saturated carbocycles. The number of fused-ring (bicyclic) bond motifs is 5. The lowest BCUT2D eigenvalue weighted by Gasteiger charge is -2.35. The third-order valence-electron chi connectivity index (χ3n) is 11.3. The van der Waals surface area contributed by atoms with Gasteiger partial charge in [-0.15, -0.1) is 13.2 Å². The molecule has 7 atom stereocenters. The molecule has 0 unspecified atom stereocenters. The Bertz CT molecular complexity index is 2260. The normalized spacial score (nSPS) is 29.9. The minimum absolute atomic E-state index is 0.228. The number of carbonyl (C=O) groups is 4. The Morgan fingerprint density at radius 1 is 1.02 bits per heavy atom. The molecule has 4 amide bonds. The minimum atomic E-state index is -5.13. The Balaban J connectivity index is 1.28. The summed E-state index contributed by atoms with van der Waals surface area (Å²) in [6.07, 6.45) is -10.6. The first-order valence-corrected chi connectivity index (χ1v) is 21.3. The van der Waals surface area contributed by atoms with Crippen LogP contribution in [0.2, 0.25) is 0 Å². The highest BCUT2D eigenvalue weighted by Crippen LogP contribution is 2.49. The maximum absolute atomic E-state index is 16.2. The molecule has 1 saturated heterocycles. The first-order chi connectivity index (χ1) is 28.9. The number of benzene rings is 1. The summed E-state index contributed by atoms with van der Waals surface area (Å²) in [5, 5.41) is 3.87. The summed E-state index contributed by atoms with van der Waals surface area (Å²) in [5.41, 5.74) is -5.41. The Hall–Kier alpha value is -5.00. The highest BCUT2D eigenvalue weighted by atomic mass is 32.2. The zero-order valence-corrected chi connectivity index (χ0v) is 34.2. The van der Waals surface area contributed by atoms with E-state index in [1.807, 2.05) is 0 Å². The molecule has 24 heteroatoms. The van der Waals surface area contributed by atoms with Crippen molar-refractivity contribution in [1.29, 1.82) is 0 Å². The van der Waals surface area contributed by atoms with Crippen LogP contribution >= 0.6 is 0 Å². The molecule has 16 nitrogen and oxygen atoms in total. The van der Waals surface area contributed by atoms with Gasteiger partial charge in [-0.25, -0.2) is 32.0 Å². The number of amides is 4. The van der Waals surface area contributed by atoms with E-state index in [1.165, 1.54) is 0 Å². The highest BCUT2D eigenvalue weighted by Gasteiger charge is 2.67. The number of ether oxygens (including phenoxy) is 4. The van der Waals surface area contributed by atoms with Gasteiger partial charge in [-0.3, -0.25) is 19.1 Å². The Labute approximate surface area is 349 Å². The van der Waals surface area contributed by atoms with Crippen LogP contribution in [0.25, 0.3) is 11.0 Å². The molecule has 4 fully saturated rings. The smallest absolute Gasteiger partial charge is 0.471 e. The fourth-order valence-corrected chi connectivity index (χ4v) is 9.23. The second-order valence-corrected chi connectivity index (χ2v) is 19.0. The number of halogens is 7. The fourth-order valence-electron chi connectivity index (χ4n) is 7.86. The van der Waals surface area contributed by atoms with Crippen molar-refractivity contribution in [1.82, 2.24) is 30.2 Å². The second-order valence-electron chi connectivity index (χ2n) is 17.1. The summed E-state index contributed by atoms with van der Waals surface area (Å²) in [4.78, 5) is 64.6. The summed E-state index contributed by atoms with van der Waals surface area (Å²) in [6, 6.07) is -0.588. The SMILES string of the molecule is CC(C)(C)[C@@H]1NC(=O)O[C@@H]2CCC[C@H]2OC/C=C\C(F)(F)c2nc3cc(OC(F)(F)F)ccc3nc2O[C@@H]2C[C@@H](C(=O)N[C@]3(C(=O)NS(=O)(=O)C4CC4)C[C@H]3C(F)F)N(C2)C1=O. The number of carbonyl (C=O) groups excluding carboxylic acids is 4. The predicted molar refractivity (Wildman–Crippen MR) is 199 cm³/mol. The largest absolute Gasteiger partial charge is 0.573 e. The summed E-state index contributed by atoms with van der Waals surface area (Å²) < 4.78 is 148. The van der Waals surface area contributed by atoms with E-state index in [9.17, 15) is 49.5 Å². The fraction of sp³-hybridized carbons (Fsp3) is 0.632. The summed E-state index contributed by atoms with van der Waals surface area (Å²) in [6.45, 7) is 3.74. The number of alkyl halides is 7. The van der Waals surface area contributed by atoms with Gasteiger partial charge < -0.3 is 34.5 Å². The summed E-state index contributed by atoms with van der Waals surface area (Å²) in [5.74, 6) is -11.1. The molecule has 1 aromatic heterocycles. The maximum Gasteiger partial charge on any atom is 0.573 e. The monoisotopic (exact) mass is 908 g/mol. The van der Waals surface area contributed by atoms with Crippen LogP contribution in [0.5, 0.6) is 11.6 Å². The van der Waals surface area contributed by atoms with Crippen molar-refractivity contribution in [3.8, 4) is 11.6 Å². The third-order valence-corrected chi connectivity index (χ3v) is 13.1. The molecule has 5 aliphatic rings. The molecule has 62 heavy (non-hydrogen) atoms. The van der Waals surface area contributed by atoms with Crippen LogP contribution in [0.3, 0.4) is 0 Å². The van der Waals surface area contributed by atoms with E-state index < -0.39 is 154 Å². The van der Waals surface area contributed by atoms with Crippen molar-refractivity contribution in [3.05, 3.63) is 36.0 Å². The predicted octanol–water partition coefficient (Wildman–Crippen LogP) is 4.37. The van der Waals surface area contributed by atoms with Crippen molar-refractivity contribution >= 4 is 44.9 Å². The number of nitrogens with one attached hydrogen (secondary N) is 3. The van der Waals surface area contributed by atoms with Crippen LogP contribution < -0.4 is 24.8 Å². The number of rotatable bonds is 7. The van der Waals surface area contributed by atoms with Gasteiger partial charge in [0.25, 0.3) is 5.91 Å². The van der Waals surface area contributed by atoms with E-state index in [1.54, 1.807) is 25.5 Å². The third kappa shape index (κ3) is 9.64. The average Bonchev–Trinajstić information content (AvgIpc) is 4.06. The van der Waals surface area contributed by atoms with Crippen molar-refractivity contribution in [2.75, 3.05) is 13.2 Å². The van der Waals surface area contributed by atoms with Crippen LogP contribution in [-0.4, -0.2) is 114 Å². The molecule has 340 valence electrons. The highest BCUT2D eigenvalue weighted by molar-refractivity contribution is 7.91. The molecule has 7 rings (SSSR count). The lowest BCUT2D eigenvalue weighted by Crippen LogP contribution is -2.60. The van der Waals surface area contributed by atoms with Gasteiger partial charge in [0.1, 0.15) is 35.6 Å². The van der Waals surface area contributed by atoms with E-state index in [-0.39, 0.29) is 18.4 Å². The van der Waals surface area contributed by atoms with Gasteiger partial charge >= 0.3 is 18.4 Å². The van der Waals surface area contributed by atoms with Gasteiger partial charge in [0.2, 0.25) is 34.1 Å². The molecule has 0 radical (unpaired) electrons. The topological polar surface area (TPSA) is 204 Å². The number of hydrogen-bond donors (Lipinski definition) is 3. The van der Waals surface area contributed by atoms with Gasteiger partial charge in [0.05, 0.1) is 41.5 Å². The molecule has 3 N–H and O–H groups in total. The Kier molecular flexibility index (Phi) is 11.8. The molecule has 2 aromatic rings. The molecule has 2 bridgehead atoms. The van der Waals surface area contributed by atoms with Crippen LogP contribution in [-0.2, 0) is 39.8 Å². The zero-order valence-electron chi connectivity index (χ0n) is 33.3. The average molecular weight is 909 g/mol. The van der Waals surface area contributed by atoms with E-state index in [2.05, 4.69) is 25.3 Å².